The minimum atomic E-state index is -3.63. The number of halogens is 2. The molecule has 0 aromatic heterocycles. The number of anilines is 1. The fourth-order valence-electron chi connectivity index (χ4n) is 1.63. The summed E-state index contributed by atoms with van der Waals surface area (Å²) in [6.07, 6.45) is 0. The molecule has 0 aliphatic heterocycles. The topological polar surface area (TPSA) is 60.2 Å². The molecule has 19 heavy (non-hydrogen) atoms. The third-order valence-electron chi connectivity index (χ3n) is 2.58. The molecule has 0 aliphatic carbocycles. The van der Waals surface area contributed by atoms with E-state index >= 15 is 0 Å². The first kappa shape index (κ1) is 13.8. The van der Waals surface area contributed by atoms with E-state index in [0.717, 1.165) is 6.07 Å². The van der Waals surface area contributed by atoms with Crippen molar-refractivity contribution in [2.24, 2.45) is 0 Å². The summed E-state index contributed by atoms with van der Waals surface area (Å²) >= 11 is 5.62. The van der Waals surface area contributed by atoms with Crippen molar-refractivity contribution in [3.63, 3.8) is 0 Å². The standard InChI is InChI=1S/C13H11ClFNO2S/c14-10-5-4-9(13(15)6-10)8-19(17,18)12-3-1-2-11(16)7-12/h1-7H,8,16H2. The third-order valence-corrected chi connectivity index (χ3v) is 4.48. The van der Waals surface area contributed by atoms with Gasteiger partial charge in [-0.3, -0.25) is 0 Å². The van der Waals surface area contributed by atoms with Crippen LogP contribution in [0.4, 0.5) is 10.1 Å². The van der Waals surface area contributed by atoms with Gasteiger partial charge in [-0.25, -0.2) is 12.8 Å². The maximum atomic E-state index is 13.6. The molecule has 2 N–H and O–H groups in total. The van der Waals surface area contributed by atoms with Gasteiger partial charge in [-0.1, -0.05) is 23.7 Å². The molecule has 0 unspecified atom stereocenters. The van der Waals surface area contributed by atoms with Gasteiger partial charge < -0.3 is 5.73 Å². The van der Waals surface area contributed by atoms with Crippen LogP contribution >= 0.6 is 11.6 Å². The Bertz CT molecular complexity index is 716. The zero-order chi connectivity index (χ0) is 14.0. The quantitative estimate of drug-likeness (QED) is 0.886. The van der Waals surface area contributed by atoms with Crippen molar-refractivity contribution < 1.29 is 12.8 Å². The number of rotatable bonds is 3. The number of nitrogen functional groups attached to an aromatic ring is 1. The van der Waals surface area contributed by atoms with Gasteiger partial charge in [0.1, 0.15) is 5.82 Å². The highest BCUT2D eigenvalue weighted by molar-refractivity contribution is 7.90. The van der Waals surface area contributed by atoms with E-state index in [1.807, 2.05) is 0 Å². The van der Waals surface area contributed by atoms with E-state index in [1.54, 1.807) is 12.1 Å². The van der Waals surface area contributed by atoms with Gasteiger partial charge >= 0.3 is 0 Å². The summed E-state index contributed by atoms with van der Waals surface area (Å²) in [4.78, 5) is 0.0712. The predicted octanol–water partition coefficient (Wildman–Crippen LogP) is 3.04. The van der Waals surface area contributed by atoms with Crippen LogP contribution in [0.1, 0.15) is 5.56 Å². The van der Waals surface area contributed by atoms with Crippen LogP contribution < -0.4 is 5.73 Å². The van der Waals surface area contributed by atoms with Crippen LogP contribution in [0.15, 0.2) is 47.4 Å². The van der Waals surface area contributed by atoms with E-state index in [4.69, 9.17) is 17.3 Å². The summed E-state index contributed by atoms with van der Waals surface area (Å²) < 4.78 is 37.9. The Morgan fingerprint density at radius 3 is 2.53 bits per heavy atom. The molecule has 0 spiro atoms. The first-order valence-corrected chi connectivity index (χ1v) is 7.44. The Hall–Kier alpha value is -1.59. The number of sulfone groups is 1. The molecule has 0 aliphatic rings. The molecule has 0 atom stereocenters. The van der Waals surface area contributed by atoms with Gasteiger partial charge in [-0.15, -0.1) is 0 Å². The second-order valence-electron chi connectivity index (χ2n) is 4.07. The van der Waals surface area contributed by atoms with E-state index in [1.165, 1.54) is 24.3 Å². The zero-order valence-electron chi connectivity index (χ0n) is 9.81. The molecule has 6 heteroatoms. The molecule has 2 aromatic carbocycles. The Morgan fingerprint density at radius 2 is 1.89 bits per heavy atom. The number of benzene rings is 2. The van der Waals surface area contributed by atoms with E-state index < -0.39 is 21.4 Å². The summed E-state index contributed by atoms with van der Waals surface area (Å²) in [6.45, 7) is 0. The molecular weight excluding hydrogens is 289 g/mol. The normalized spacial score (nSPS) is 11.5. The SMILES string of the molecule is Nc1cccc(S(=O)(=O)Cc2ccc(Cl)cc2F)c1. The lowest BCUT2D eigenvalue weighted by molar-refractivity contribution is 0.587. The lowest BCUT2D eigenvalue weighted by atomic mass is 10.2. The lowest BCUT2D eigenvalue weighted by Gasteiger charge is -2.06. The molecule has 0 amide bonds. The zero-order valence-corrected chi connectivity index (χ0v) is 11.4. The van der Waals surface area contributed by atoms with Gasteiger partial charge in [0.2, 0.25) is 0 Å². The average Bonchev–Trinajstić information content (AvgIpc) is 2.33. The Labute approximate surface area is 115 Å². The third kappa shape index (κ3) is 3.24. The number of hydrogen-bond acceptors (Lipinski definition) is 3. The Morgan fingerprint density at radius 1 is 1.16 bits per heavy atom. The van der Waals surface area contributed by atoms with Gasteiger partial charge in [-0.2, -0.15) is 0 Å². The molecule has 100 valence electrons. The maximum Gasteiger partial charge on any atom is 0.182 e. The van der Waals surface area contributed by atoms with Crippen molar-refractivity contribution in [2.45, 2.75) is 10.6 Å². The van der Waals surface area contributed by atoms with E-state index in [-0.39, 0.29) is 15.5 Å². The van der Waals surface area contributed by atoms with Gasteiger partial charge in [0.15, 0.2) is 9.84 Å². The Balaban J connectivity index is 2.36. The van der Waals surface area contributed by atoms with E-state index in [0.29, 0.717) is 5.69 Å². The Kier molecular flexibility index (Phi) is 3.78. The summed E-state index contributed by atoms with van der Waals surface area (Å²) in [6, 6.07) is 9.81. The second kappa shape index (κ2) is 5.19. The second-order valence-corrected chi connectivity index (χ2v) is 6.49. The van der Waals surface area contributed by atoms with Crippen LogP contribution in [-0.2, 0) is 15.6 Å². The molecule has 2 rings (SSSR count). The molecule has 0 bridgehead atoms. The minimum absolute atomic E-state index is 0.0712. The fourth-order valence-corrected chi connectivity index (χ4v) is 3.21. The molecule has 0 radical (unpaired) electrons. The van der Waals surface area contributed by atoms with Crippen molar-refractivity contribution in [2.75, 3.05) is 5.73 Å². The molecular formula is C13H11ClFNO2S. The molecule has 0 saturated heterocycles. The lowest BCUT2D eigenvalue weighted by Crippen LogP contribution is -2.07. The monoisotopic (exact) mass is 299 g/mol. The fraction of sp³-hybridized carbons (Fsp3) is 0.0769. The molecule has 3 nitrogen and oxygen atoms in total. The van der Waals surface area contributed by atoms with Crippen LogP contribution in [0.25, 0.3) is 0 Å². The largest absolute Gasteiger partial charge is 0.399 e. The molecule has 0 heterocycles. The predicted molar refractivity (Wildman–Crippen MR) is 73.2 cm³/mol. The highest BCUT2D eigenvalue weighted by Crippen LogP contribution is 2.22. The highest BCUT2D eigenvalue weighted by atomic mass is 35.5. The molecule has 0 fully saturated rings. The van der Waals surface area contributed by atoms with Gasteiger partial charge in [-0.05, 0) is 30.3 Å². The van der Waals surface area contributed by atoms with E-state index in [2.05, 4.69) is 0 Å². The number of nitrogens with two attached hydrogens (primary N) is 1. The maximum absolute atomic E-state index is 13.6. The van der Waals surface area contributed by atoms with Gasteiger partial charge in [0.05, 0.1) is 10.6 Å². The van der Waals surface area contributed by atoms with Crippen molar-refractivity contribution in [1.82, 2.24) is 0 Å². The minimum Gasteiger partial charge on any atom is -0.399 e. The van der Waals surface area contributed by atoms with Crippen molar-refractivity contribution in [3.05, 3.63) is 58.9 Å². The van der Waals surface area contributed by atoms with Crippen LogP contribution in [0.5, 0.6) is 0 Å². The van der Waals surface area contributed by atoms with Crippen LogP contribution in [0, 0.1) is 5.82 Å². The first-order valence-electron chi connectivity index (χ1n) is 5.41. The van der Waals surface area contributed by atoms with Gasteiger partial charge in [0.25, 0.3) is 0 Å². The van der Waals surface area contributed by atoms with Crippen LogP contribution in [0.2, 0.25) is 5.02 Å². The van der Waals surface area contributed by atoms with E-state index in [9.17, 15) is 12.8 Å². The summed E-state index contributed by atoms with van der Waals surface area (Å²) in [7, 11) is -3.63. The number of hydrogen-bond donors (Lipinski definition) is 1. The molecule has 2 aromatic rings. The summed E-state index contributed by atoms with van der Waals surface area (Å²) in [5.74, 6) is -1.07. The van der Waals surface area contributed by atoms with Gasteiger partial charge in [0, 0.05) is 16.3 Å². The van der Waals surface area contributed by atoms with Crippen LogP contribution in [-0.4, -0.2) is 8.42 Å². The average molecular weight is 300 g/mol. The first-order chi connectivity index (χ1) is 8.88. The summed E-state index contributed by atoms with van der Waals surface area (Å²) in [5, 5.41) is 0.225. The highest BCUT2D eigenvalue weighted by Gasteiger charge is 2.18. The van der Waals surface area contributed by atoms with Crippen LogP contribution in [0.3, 0.4) is 0 Å². The summed E-state index contributed by atoms with van der Waals surface area (Å²) in [5.41, 5.74) is 5.96. The smallest absolute Gasteiger partial charge is 0.182 e. The van der Waals surface area contributed by atoms with Crippen molar-refractivity contribution >= 4 is 27.1 Å². The molecule has 0 saturated carbocycles. The van der Waals surface area contributed by atoms with Crippen molar-refractivity contribution in [3.8, 4) is 0 Å². The van der Waals surface area contributed by atoms with Crippen molar-refractivity contribution in [1.29, 1.82) is 0 Å².